The first-order valence-electron chi connectivity index (χ1n) is 8.60. The zero-order valence-corrected chi connectivity index (χ0v) is 16.2. The van der Waals surface area contributed by atoms with Crippen LogP contribution in [0.3, 0.4) is 0 Å². The Kier molecular flexibility index (Phi) is 18.7. The van der Waals surface area contributed by atoms with Gasteiger partial charge in [-0.1, -0.05) is 12.2 Å². The van der Waals surface area contributed by atoms with Crippen LogP contribution in [0, 0.1) is 0 Å². The molecular weight excluding hydrogens is 372 g/mol. The Hall–Kier alpha value is -2.75. The minimum Gasteiger partial charge on any atom is -0.396 e. The molecule has 1 aromatic rings. The Balaban J connectivity index is 0. The summed E-state index contributed by atoms with van der Waals surface area (Å²) in [7, 11) is 0.500. The number of nitrogen functional groups attached to an aromatic ring is 1. The number of allylic oxidation sites excluding steroid dienone is 1. The van der Waals surface area contributed by atoms with E-state index in [4.69, 9.17) is 5.73 Å². The maximum absolute atomic E-state index is 11.8. The summed E-state index contributed by atoms with van der Waals surface area (Å²) in [5.41, 5.74) is 6.24. The lowest BCUT2D eigenvalue weighted by Gasteiger charge is -2.25. The molecule has 0 saturated heterocycles. The number of aromatic amines is 1. The van der Waals surface area contributed by atoms with Gasteiger partial charge >= 0.3 is 0 Å². The Morgan fingerprint density at radius 2 is 1.93 bits per heavy atom. The lowest BCUT2D eigenvalue weighted by Crippen LogP contribution is -2.38. The second-order valence-electron chi connectivity index (χ2n) is 5.44. The molecule has 1 aliphatic carbocycles. The summed E-state index contributed by atoms with van der Waals surface area (Å²) in [6.07, 6.45) is 7.76. The number of carbonyl (C=O) groups is 2. The SMILES string of the molecule is C=CCF.C=CCNC=O.CF.Nc1cn[nH]c1C(=O)NC1CCC(O)CC1. The van der Waals surface area contributed by atoms with Crippen LogP contribution in [0.1, 0.15) is 36.2 Å². The van der Waals surface area contributed by atoms with Crippen molar-refractivity contribution in [2.45, 2.75) is 37.8 Å². The van der Waals surface area contributed by atoms with Crippen molar-refractivity contribution < 1.29 is 23.5 Å². The highest BCUT2D eigenvalue weighted by Gasteiger charge is 2.22. The molecule has 1 saturated carbocycles. The van der Waals surface area contributed by atoms with E-state index in [1.54, 1.807) is 6.08 Å². The number of nitrogens with two attached hydrogens (primary N) is 1. The molecule has 0 radical (unpaired) electrons. The number of alkyl halides is 2. The van der Waals surface area contributed by atoms with E-state index in [0.717, 1.165) is 25.7 Å². The van der Waals surface area contributed by atoms with Gasteiger partial charge in [0.2, 0.25) is 6.41 Å². The fourth-order valence-electron chi connectivity index (χ4n) is 2.09. The first-order chi connectivity index (χ1) is 13.5. The molecule has 1 aromatic heterocycles. The van der Waals surface area contributed by atoms with E-state index < -0.39 is 6.67 Å². The van der Waals surface area contributed by atoms with Crippen LogP contribution in [0.4, 0.5) is 14.5 Å². The minimum absolute atomic E-state index is 0.124. The molecule has 2 amide bonds. The number of hydrogen-bond acceptors (Lipinski definition) is 5. The van der Waals surface area contributed by atoms with Crippen molar-refractivity contribution in [3.8, 4) is 0 Å². The summed E-state index contributed by atoms with van der Waals surface area (Å²) in [5, 5.41) is 20.9. The summed E-state index contributed by atoms with van der Waals surface area (Å²) < 4.78 is 20.1. The number of aliphatic hydroxyl groups is 1. The van der Waals surface area contributed by atoms with E-state index in [-0.39, 0.29) is 18.1 Å². The standard InChI is InChI=1S/C10H16N4O2.C4H7NO.C3H5F.CH3F/c11-8-5-12-14-9(8)10(16)13-6-1-3-7(15)4-2-6;1-2-3-5-4-6;1-2-3-4;1-2/h5-7,15H,1-4,11H2,(H,12,14)(H,13,16);2,4H,1,3H2,(H,5,6);2H,1,3H2;1H3. The summed E-state index contributed by atoms with van der Waals surface area (Å²) in [4.78, 5) is 21.2. The molecule has 10 heteroatoms. The quantitative estimate of drug-likeness (QED) is 0.280. The normalized spacial score (nSPS) is 17.0. The number of amides is 2. The van der Waals surface area contributed by atoms with Crippen LogP contribution in [-0.4, -0.2) is 60.2 Å². The smallest absolute Gasteiger partial charge is 0.271 e. The number of H-pyrrole nitrogens is 1. The van der Waals surface area contributed by atoms with Crippen LogP contribution < -0.4 is 16.4 Å². The average molecular weight is 403 g/mol. The Bertz CT molecular complexity index is 539. The molecule has 1 heterocycles. The molecule has 6 N–H and O–H groups in total. The number of nitrogens with one attached hydrogen (secondary N) is 3. The second-order valence-corrected chi connectivity index (χ2v) is 5.44. The van der Waals surface area contributed by atoms with Crippen LogP contribution in [0.25, 0.3) is 0 Å². The number of halogens is 2. The van der Waals surface area contributed by atoms with Crippen molar-refractivity contribution in [3.63, 3.8) is 0 Å². The molecule has 0 aromatic carbocycles. The Morgan fingerprint density at radius 3 is 2.29 bits per heavy atom. The summed E-state index contributed by atoms with van der Waals surface area (Å²) >= 11 is 0. The topological polar surface area (TPSA) is 133 Å². The van der Waals surface area contributed by atoms with Crippen molar-refractivity contribution in [3.05, 3.63) is 37.2 Å². The molecule has 1 aliphatic rings. The van der Waals surface area contributed by atoms with Crippen molar-refractivity contribution in [1.29, 1.82) is 0 Å². The number of carbonyl (C=O) groups excluding carboxylic acids is 2. The van der Waals surface area contributed by atoms with Crippen molar-refractivity contribution in [2.75, 3.05) is 26.1 Å². The molecule has 28 heavy (non-hydrogen) atoms. The Labute approximate surface area is 164 Å². The molecule has 0 atom stereocenters. The van der Waals surface area contributed by atoms with E-state index in [9.17, 15) is 23.5 Å². The van der Waals surface area contributed by atoms with Crippen LogP contribution in [0.5, 0.6) is 0 Å². The van der Waals surface area contributed by atoms with Crippen LogP contribution in [0.15, 0.2) is 31.5 Å². The molecule has 0 aliphatic heterocycles. The number of hydrogen-bond donors (Lipinski definition) is 5. The third-order valence-electron chi connectivity index (χ3n) is 3.38. The average Bonchev–Trinajstić information content (AvgIpc) is 3.16. The van der Waals surface area contributed by atoms with Gasteiger partial charge < -0.3 is 21.5 Å². The molecule has 1 fully saturated rings. The molecular formula is C18H31F2N5O3. The van der Waals surface area contributed by atoms with E-state index in [1.807, 2.05) is 0 Å². The summed E-state index contributed by atoms with van der Waals surface area (Å²) in [6.45, 7) is 6.62. The first-order valence-corrected chi connectivity index (χ1v) is 8.60. The number of aromatic nitrogens is 2. The van der Waals surface area contributed by atoms with Crippen molar-refractivity contribution >= 4 is 18.0 Å². The highest BCUT2D eigenvalue weighted by atomic mass is 19.1. The Morgan fingerprint density at radius 1 is 1.36 bits per heavy atom. The summed E-state index contributed by atoms with van der Waals surface area (Å²) in [5.74, 6) is -0.226. The van der Waals surface area contributed by atoms with Gasteiger partial charge in [-0.25, -0.2) is 4.39 Å². The van der Waals surface area contributed by atoms with Gasteiger partial charge in [0, 0.05) is 12.6 Å². The molecule has 0 bridgehead atoms. The first kappa shape index (κ1) is 27.5. The van der Waals surface area contributed by atoms with Crippen LogP contribution >= 0.6 is 0 Å². The maximum Gasteiger partial charge on any atom is 0.271 e. The molecule has 0 spiro atoms. The van der Waals surface area contributed by atoms with Crippen molar-refractivity contribution in [2.24, 2.45) is 0 Å². The van der Waals surface area contributed by atoms with E-state index in [0.29, 0.717) is 31.5 Å². The zero-order chi connectivity index (χ0) is 21.8. The fraction of sp³-hybridized carbons (Fsp3) is 0.500. The second kappa shape index (κ2) is 19.0. The van der Waals surface area contributed by atoms with Crippen LogP contribution in [-0.2, 0) is 4.79 Å². The number of nitrogens with zero attached hydrogens (tertiary/aromatic N) is 1. The van der Waals surface area contributed by atoms with E-state index in [2.05, 4.69) is 34.0 Å². The number of rotatable bonds is 6. The van der Waals surface area contributed by atoms with Gasteiger partial charge in [-0.3, -0.25) is 19.1 Å². The van der Waals surface area contributed by atoms with Crippen molar-refractivity contribution in [1.82, 2.24) is 20.8 Å². The van der Waals surface area contributed by atoms with Gasteiger partial charge in [-0.2, -0.15) is 5.10 Å². The summed E-state index contributed by atoms with van der Waals surface area (Å²) in [6, 6.07) is 0.124. The highest BCUT2D eigenvalue weighted by Crippen LogP contribution is 2.19. The van der Waals surface area contributed by atoms with Gasteiger partial charge in [-0.05, 0) is 25.7 Å². The third kappa shape index (κ3) is 13.5. The zero-order valence-electron chi connectivity index (χ0n) is 16.2. The van der Waals surface area contributed by atoms with Gasteiger partial charge in [0.1, 0.15) is 12.4 Å². The van der Waals surface area contributed by atoms with Gasteiger partial charge in [0.05, 0.1) is 25.2 Å². The van der Waals surface area contributed by atoms with Gasteiger partial charge in [-0.15, -0.1) is 13.2 Å². The number of aliphatic hydroxyl groups excluding tert-OH is 1. The molecule has 2 rings (SSSR count). The third-order valence-corrected chi connectivity index (χ3v) is 3.38. The lowest BCUT2D eigenvalue weighted by molar-refractivity contribution is -0.109. The lowest BCUT2D eigenvalue weighted by atomic mass is 9.93. The van der Waals surface area contributed by atoms with Gasteiger partial charge in [0.25, 0.3) is 5.91 Å². The molecule has 8 nitrogen and oxygen atoms in total. The van der Waals surface area contributed by atoms with Gasteiger partial charge in [0.15, 0.2) is 0 Å². The van der Waals surface area contributed by atoms with Crippen LogP contribution in [0.2, 0.25) is 0 Å². The molecule has 160 valence electrons. The maximum atomic E-state index is 11.8. The fourth-order valence-corrected chi connectivity index (χ4v) is 2.09. The molecule has 0 unspecified atom stereocenters. The monoisotopic (exact) mass is 403 g/mol. The largest absolute Gasteiger partial charge is 0.396 e. The predicted octanol–water partition coefficient (Wildman–Crippen LogP) is 1.67. The minimum atomic E-state index is -0.417. The number of anilines is 1. The van der Waals surface area contributed by atoms with E-state index >= 15 is 0 Å². The predicted molar refractivity (Wildman–Crippen MR) is 106 cm³/mol. The highest BCUT2D eigenvalue weighted by molar-refractivity contribution is 5.97. The van der Waals surface area contributed by atoms with E-state index in [1.165, 1.54) is 12.3 Å².